The number of rotatable bonds is 5. The van der Waals surface area contributed by atoms with E-state index in [1.807, 2.05) is 37.4 Å². The van der Waals surface area contributed by atoms with Crippen LogP contribution in [0.4, 0.5) is 0 Å². The molecule has 0 spiro atoms. The molecule has 1 amide bonds. The first-order valence-electron chi connectivity index (χ1n) is 8.19. The van der Waals surface area contributed by atoms with Crippen LogP contribution in [0.2, 0.25) is 0 Å². The number of hydrogen-bond acceptors (Lipinski definition) is 3. The predicted octanol–water partition coefficient (Wildman–Crippen LogP) is 3.49. The normalized spacial score (nSPS) is 12.5. The first kappa shape index (κ1) is 16.2. The average Bonchev–Trinajstić information content (AvgIpc) is 2.92. The van der Waals surface area contributed by atoms with Crippen LogP contribution in [0.3, 0.4) is 0 Å². The molecule has 2 heterocycles. The second-order valence-corrected chi connectivity index (χ2v) is 6.39. The zero-order valence-corrected chi connectivity index (χ0v) is 14.2. The lowest BCUT2D eigenvalue weighted by molar-refractivity contribution is 0.0924. The molecule has 5 heteroatoms. The summed E-state index contributed by atoms with van der Waals surface area (Å²) in [6, 6.07) is 13.2. The minimum absolute atomic E-state index is 0.156. The van der Waals surface area contributed by atoms with Crippen LogP contribution >= 0.6 is 0 Å². The van der Waals surface area contributed by atoms with Crippen molar-refractivity contribution < 1.29 is 4.79 Å². The summed E-state index contributed by atoms with van der Waals surface area (Å²) in [4.78, 5) is 21.4. The van der Waals surface area contributed by atoms with Gasteiger partial charge in [-0.15, -0.1) is 0 Å². The molecular weight excluding hydrogens is 300 g/mol. The van der Waals surface area contributed by atoms with Crippen molar-refractivity contribution in [2.24, 2.45) is 13.0 Å². The maximum absolute atomic E-state index is 12.5. The number of aromatic nitrogens is 3. The Balaban J connectivity index is 1.93. The van der Waals surface area contributed by atoms with Crippen molar-refractivity contribution in [3.8, 4) is 0 Å². The molecular formula is C19H22N4O. The monoisotopic (exact) mass is 322 g/mol. The number of fused-ring (bicyclic) bond motifs is 1. The van der Waals surface area contributed by atoms with Gasteiger partial charge in [0.15, 0.2) is 0 Å². The number of hydrogen-bond donors (Lipinski definition) is 1. The van der Waals surface area contributed by atoms with Crippen LogP contribution in [0.25, 0.3) is 11.0 Å². The summed E-state index contributed by atoms with van der Waals surface area (Å²) in [6.45, 7) is 4.28. The molecule has 0 saturated carbocycles. The van der Waals surface area contributed by atoms with E-state index in [1.165, 1.54) is 0 Å². The summed E-state index contributed by atoms with van der Waals surface area (Å²) in [6.07, 6.45) is 2.44. The lowest BCUT2D eigenvalue weighted by Crippen LogP contribution is -2.31. The molecule has 0 saturated heterocycles. The molecule has 0 fully saturated rings. The fraction of sp³-hybridized carbons (Fsp3) is 0.316. The predicted molar refractivity (Wildman–Crippen MR) is 94.6 cm³/mol. The van der Waals surface area contributed by atoms with Crippen molar-refractivity contribution in [1.29, 1.82) is 0 Å². The van der Waals surface area contributed by atoms with Gasteiger partial charge >= 0.3 is 0 Å². The number of carbonyl (C=O) groups excluding carboxylic acids is 1. The summed E-state index contributed by atoms with van der Waals surface area (Å²) in [7, 11) is 1.99. The zero-order chi connectivity index (χ0) is 17.1. The highest BCUT2D eigenvalue weighted by molar-refractivity contribution is 5.92. The van der Waals surface area contributed by atoms with Crippen LogP contribution in [0, 0.1) is 5.92 Å². The Morgan fingerprint density at radius 2 is 1.92 bits per heavy atom. The topological polar surface area (TPSA) is 59.8 Å². The van der Waals surface area contributed by atoms with Crippen LogP contribution in [0.15, 0.2) is 48.7 Å². The van der Waals surface area contributed by atoms with Gasteiger partial charge in [-0.05, 0) is 36.6 Å². The molecule has 0 bridgehead atoms. The molecule has 3 aromatic rings. The zero-order valence-electron chi connectivity index (χ0n) is 14.2. The number of nitrogens with zero attached hydrogens (tertiary/aromatic N) is 3. The van der Waals surface area contributed by atoms with Crippen LogP contribution in [0.1, 0.15) is 42.6 Å². The van der Waals surface area contributed by atoms with Crippen molar-refractivity contribution in [3.05, 3.63) is 60.2 Å². The lowest BCUT2D eigenvalue weighted by atomic mass is 10.0. The molecule has 0 radical (unpaired) electrons. The Morgan fingerprint density at radius 3 is 2.58 bits per heavy atom. The average molecular weight is 322 g/mol. The van der Waals surface area contributed by atoms with E-state index in [0.29, 0.717) is 11.6 Å². The minimum atomic E-state index is -0.173. The number of benzene rings is 1. The van der Waals surface area contributed by atoms with E-state index >= 15 is 0 Å². The fourth-order valence-corrected chi connectivity index (χ4v) is 2.91. The number of carbonyl (C=O) groups is 1. The van der Waals surface area contributed by atoms with Crippen molar-refractivity contribution in [2.45, 2.75) is 26.3 Å². The minimum Gasteiger partial charge on any atom is -0.341 e. The third-order valence-electron chi connectivity index (χ3n) is 4.04. The van der Waals surface area contributed by atoms with Crippen molar-refractivity contribution in [3.63, 3.8) is 0 Å². The van der Waals surface area contributed by atoms with Gasteiger partial charge in [0.1, 0.15) is 11.5 Å². The van der Waals surface area contributed by atoms with Crippen LogP contribution in [-0.2, 0) is 7.05 Å². The SMILES string of the molecule is CC(C)C[C@H](NC(=O)c1ccccn1)c1nc2ccccc2n1C. The largest absolute Gasteiger partial charge is 0.341 e. The molecule has 24 heavy (non-hydrogen) atoms. The number of amides is 1. The van der Waals surface area contributed by atoms with E-state index in [-0.39, 0.29) is 11.9 Å². The molecule has 124 valence electrons. The Labute approximate surface area is 141 Å². The Hall–Kier alpha value is -2.69. The highest BCUT2D eigenvalue weighted by Crippen LogP contribution is 2.24. The summed E-state index contributed by atoms with van der Waals surface area (Å²) in [5.74, 6) is 1.13. The van der Waals surface area contributed by atoms with E-state index in [4.69, 9.17) is 4.98 Å². The molecule has 0 aliphatic carbocycles. The molecule has 1 atom stereocenters. The van der Waals surface area contributed by atoms with E-state index in [0.717, 1.165) is 23.3 Å². The number of imidazole rings is 1. The van der Waals surface area contributed by atoms with E-state index in [2.05, 4.69) is 28.7 Å². The van der Waals surface area contributed by atoms with Crippen molar-refractivity contribution in [1.82, 2.24) is 19.9 Å². The number of para-hydroxylation sites is 2. The number of pyridine rings is 1. The smallest absolute Gasteiger partial charge is 0.270 e. The number of nitrogens with one attached hydrogen (secondary N) is 1. The quantitative estimate of drug-likeness (QED) is 0.782. The molecule has 1 N–H and O–H groups in total. The maximum atomic E-state index is 12.5. The van der Waals surface area contributed by atoms with Gasteiger partial charge in [0, 0.05) is 13.2 Å². The lowest BCUT2D eigenvalue weighted by Gasteiger charge is -2.20. The standard InChI is InChI=1S/C19H22N4O/c1-13(2)12-16(22-19(24)15-9-6-7-11-20-15)18-21-14-8-4-5-10-17(14)23(18)3/h4-11,13,16H,12H2,1-3H3,(H,22,24)/t16-/m0/s1. The molecule has 3 rings (SSSR count). The van der Waals surface area contributed by atoms with Gasteiger partial charge in [0.2, 0.25) is 0 Å². The first-order chi connectivity index (χ1) is 11.6. The van der Waals surface area contributed by atoms with Crippen molar-refractivity contribution >= 4 is 16.9 Å². The molecule has 0 unspecified atom stereocenters. The van der Waals surface area contributed by atoms with Gasteiger partial charge < -0.3 is 9.88 Å². The maximum Gasteiger partial charge on any atom is 0.270 e. The fourth-order valence-electron chi connectivity index (χ4n) is 2.91. The van der Waals surface area contributed by atoms with E-state index < -0.39 is 0 Å². The van der Waals surface area contributed by atoms with Crippen LogP contribution in [-0.4, -0.2) is 20.4 Å². The van der Waals surface area contributed by atoms with Crippen LogP contribution < -0.4 is 5.32 Å². The Bertz CT molecular complexity index is 839. The van der Waals surface area contributed by atoms with Gasteiger partial charge in [-0.3, -0.25) is 9.78 Å². The molecule has 1 aromatic carbocycles. The van der Waals surface area contributed by atoms with Gasteiger partial charge in [-0.25, -0.2) is 4.98 Å². The third kappa shape index (κ3) is 3.30. The summed E-state index contributed by atoms with van der Waals surface area (Å²) < 4.78 is 2.06. The first-order valence-corrected chi connectivity index (χ1v) is 8.19. The highest BCUT2D eigenvalue weighted by atomic mass is 16.1. The second-order valence-electron chi connectivity index (χ2n) is 6.39. The summed E-state index contributed by atoms with van der Waals surface area (Å²) >= 11 is 0. The highest BCUT2D eigenvalue weighted by Gasteiger charge is 2.22. The Morgan fingerprint density at radius 1 is 1.17 bits per heavy atom. The van der Waals surface area contributed by atoms with Gasteiger partial charge in [0.05, 0.1) is 17.1 Å². The van der Waals surface area contributed by atoms with Gasteiger partial charge in [0.25, 0.3) is 5.91 Å². The summed E-state index contributed by atoms with van der Waals surface area (Å²) in [5.41, 5.74) is 2.43. The number of aryl methyl sites for hydroxylation is 1. The summed E-state index contributed by atoms with van der Waals surface area (Å²) in [5, 5.41) is 3.10. The van der Waals surface area contributed by atoms with E-state index in [9.17, 15) is 4.79 Å². The van der Waals surface area contributed by atoms with Crippen LogP contribution in [0.5, 0.6) is 0 Å². The second kappa shape index (κ2) is 6.83. The molecule has 2 aromatic heterocycles. The van der Waals surface area contributed by atoms with E-state index in [1.54, 1.807) is 18.3 Å². The third-order valence-corrected chi connectivity index (χ3v) is 4.04. The molecule has 0 aliphatic heterocycles. The van der Waals surface area contributed by atoms with Gasteiger partial charge in [-0.2, -0.15) is 0 Å². The Kier molecular flexibility index (Phi) is 4.60. The molecule has 5 nitrogen and oxygen atoms in total. The van der Waals surface area contributed by atoms with Crippen molar-refractivity contribution in [2.75, 3.05) is 0 Å². The molecule has 0 aliphatic rings. The van der Waals surface area contributed by atoms with Gasteiger partial charge in [-0.1, -0.05) is 32.0 Å².